The van der Waals surface area contributed by atoms with E-state index in [-0.39, 0.29) is 29.3 Å². The molecule has 0 bridgehead atoms. The van der Waals surface area contributed by atoms with Crippen LogP contribution in [0.25, 0.3) is 0 Å². The minimum Gasteiger partial charge on any atom is -0.387 e. The molecule has 3 heterocycles. The van der Waals surface area contributed by atoms with Crippen molar-refractivity contribution in [2.24, 2.45) is 0 Å². The number of anilines is 1. The molecule has 8 nitrogen and oxygen atoms in total. The van der Waals surface area contributed by atoms with Crippen molar-refractivity contribution in [3.63, 3.8) is 0 Å². The van der Waals surface area contributed by atoms with Gasteiger partial charge in [-0.15, -0.1) is 0 Å². The molecule has 0 spiro atoms. The Labute approximate surface area is 207 Å². The zero-order valence-corrected chi connectivity index (χ0v) is 20.7. The molecule has 8 heteroatoms. The highest BCUT2D eigenvalue weighted by Crippen LogP contribution is 2.43. The summed E-state index contributed by atoms with van der Waals surface area (Å²) in [6.07, 6.45) is 3.66. The Balaban J connectivity index is 1.34. The average Bonchev–Trinajstić information content (AvgIpc) is 3.37. The Morgan fingerprint density at radius 1 is 1.20 bits per heavy atom. The molecule has 2 saturated heterocycles. The lowest BCUT2D eigenvalue weighted by Crippen LogP contribution is -2.53. The largest absolute Gasteiger partial charge is 0.387 e. The molecule has 2 aromatic rings. The second-order valence-electron chi connectivity index (χ2n) is 10.8. The van der Waals surface area contributed by atoms with Crippen LogP contribution in [0.3, 0.4) is 0 Å². The molecule has 2 aliphatic heterocycles. The third kappa shape index (κ3) is 4.51. The van der Waals surface area contributed by atoms with Crippen molar-refractivity contribution < 1.29 is 9.90 Å². The number of hydrogen-bond donors (Lipinski definition) is 2. The topological polar surface area (TPSA) is 105 Å². The van der Waals surface area contributed by atoms with Gasteiger partial charge in [0, 0.05) is 43.3 Å². The van der Waals surface area contributed by atoms with Gasteiger partial charge in [-0.25, -0.2) is 9.97 Å². The molecule has 2 fully saturated rings. The maximum absolute atomic E-state index is 13.9. The van der Waals surface area contributed by atoms with Gasteiger partial charge in [0.15, 0.2) is 0 Å². The van der Waals surface area contributed by atoms with E-state index in [2.05, 4.69) is 47.0 Å². The van der Waals surface area contributed by atoms with Crippen LogP contribution in [0, 0.1) is 11.3 Å². The van der Waals surface area contributed by atoms with Gasteiger partial charge in [0.2, 0.25) is 5.91 Å². The first-order chi connectivity index (χ1) is 16.8. The van der Waals surface area contributed by atoms with Gasteiger partial charge in [0.05, 0.1) is 29.3 Å². The molecule has 0 radical (unpaired) electrons. The zero-order chi connectivity index (χ0) is 24.7. The number of piperazine rings is 1. The van der Waals surface area contributed by atoms with Crippen LogP contribution >= 0.6 is 0 Å². The van der Waals surface area contributed by atoms with Crippen molar-refractivity contribution in [1.82, 2.24) is 20.2 Å². The van der Waals surface area contributed by atoms with Crippen LogP contribution in [0.4, 0.5) is 5.82 Å². The number of nitrogens with zero attached hydrogens (tertiary/aromatic N) is 5. The fraction of sp³-hybridized carbons (Fsp3) is 0.556. The van der Waals surface area contributed by atoms with Gasteiger partial charge < -0.3 is 20.2 Å². The Kier molecular flexibility index (Phi) is 6.24. The monoisotopic (exact) mass is 474 g/mol. The highest BCUT2D eigenvalue weighted by Gasteiger charge is 2.41. The maximum Gasteiger partial charge on any atom is 0.231 e. The van der Waals surface area contributed by atoms with E-state index >= 15 is 0 Å². The van der Waals surface area contributed by atoms with Gasteiger partial charge in [0.1, 0.15) is 12.1 Å². The van der Waals surface area contributed by atoms with Crippen molar-refractivity contribution in [3.8, 4) is 6.07 Å². The zero-order valence-electron chi connectivity index (χ0n) is 20.7. The van der Waals surface area contributed by atoms with Crippen LogP contribution in [0.1, 0.15) is 80.4 Å². The lowest BCUT2D eigenvalue weighted by atomic mass is 9.88. The number of amides is 1. The van der Waals surface area contributed by atoms with Gasteiger partial charge >= 0.3 is 0 Å². The molecule has 1 aromatic heterocycles. The number of nitrogens with one attached hydrogen (secondary N) is 1. The Hall–Kier alpha value is -3.02. The van der Waals surface area contributed by atoms with Crippen LogP contribution in [0.2, 0.25) is 0 Å². The highest BCUT2D eigenvalue weighted by molar-refractivity contribution is 5.85. The van der Waals surface area contributed by atoms with Crippen molar-refractivity contribution in [2.45, 2.75) is 69.6 Å². The minimum atomic E-state index is -0.527. The van der Waals surface area contributed by atoms with Gasteiger partial charge in [0.25, 0.3) is 0 Å². The number of carbonyl (C=O) groups is 1. The summed E-state index contributed by atoms with van der Waals surface area (Å²) in [4.78, 5) is 27.0. The number of rotatable bonds is 4. The summed E-state index contributed by atoms with van der Waals surface area (Å²) in [6.45, 7) is 9.12. The third-order valence-corrected chi connectivity index (χ3v) is 7.89. The number of carbonyl (C=O) groups excluding carboxylic acids is 1. The van der Waals surface area contributed by atoms with E-state index in [1.165, 1.54) is 0 Å². The lowest BCUT2D eigenvalue weighted by molar-refractivity contribution is -0.133. The first-order valence-electron chi connectivity index (χ1n) is 12.6. The van der Waals surface area contributed by atoms with E-state index in [0.29, 0.717) is 38.2 Å². The Morgan fingerprint density at radius 3 is 2.54 bits per heavy atom. The second-order valence-corrected chi connectivity index (χ2v) is 10.8. The number of hydrogen-bond acceptors (Lipinski definition) is 7. The van der Waals surface area contributed by atoms with Crippen molar-refractivity contribution >= 4 is 11.7 Å². The molecule has 1 amide bonds. The van der Waals surface area contributed by atoms with Gasteiger partial charge in [-0.1, -0.05) is 19.1 Å². The second kappa shape index (κ2) is 9.21. The molecule has 1 aliphatic carbocycles. The number of aliphatic hydroxyl groups is 1. The van der Waals surface area contributed by atoms with E-state index in [4.69, 9.17) is 0 Å². The summed E-state index contributed by atoms with van der Waals surface area (Å²) in [6, 6.07) is 9.71. The normalized spacial score (nSPS) is 26.3. The molecule has 2 N–H and O–H groups in total. The smallest absolute Gasteiger partial charge is 0.231 e. The molecule has 4 atom stereocenters. The quantitative estimate of drug-likeness (QED) is 0.702. The summed E-state index contributed by atoms with van der Waals surface area (Å²) < 4.78 is 0. The molecule has 1 unspecified atom stereocenters. The first-order valence-corrected chi connectivity index (χ1v) is 12.6. The van der Waals surface area contributed by atoms with Crippen LogP contribution in [0.5, 0.6) is 0 Å². The number of benzene rings is 1. The standard InChI is InChI=1S/C27H34N6O2/c1-17-14-21(34)24-22(17)25(30-16-29-24)32-10-12-33(13-11-32)26(35)23(20-8-9-27(2,3)31-20)19-6-4-18(15-28)5-7-19/h4-7,16-17,20-21,23,31,34H,8-14H2,1-3H3/t17-,20+,21?,23+/m1/s1. The van der Waals surface area contributed by atoms with Crippen molar-refractivity contribution in [3.05, 3.63) is 53.0 Å². The summed E-state index contributed by atoms with van der Waals surface area (Å²) >= 11 is 0. The minimum absolute atomic E-state index is 0.00311. The van der Waals surface area contributed by atoms with Crippen LogP contribution in [-0.4, -0.2) is 63.6 Å². The lowest BCUT2D eigenvalue weighted by Gasteiger charge is -2.39. The number of fused-ring (bicyclic) bond motifs is 1. The fourth-order valence-corrected chi connectivity index (χ4v) is 6.01. The fourth-order valence-electron chi connectivity index (χ4n) is 6.01. The van der Waals surface area contributed by atoms with E-state index in [1.54, 1.807) is 18.5 Å². The summed E-state index contributed by atoms with van der Waals surface area (Å²) in [5.41, 5.74) is 3.36. The SMILES string of the molecule is C[C@@H]1CC(O)c2ncnc(N3CCN(C(=O)[C@@H](c4ccc(C#N)cc4)[C@@H]4CCC(C)(C)N4)CC3)c21. The predicted octanol–water partition coefficient (Wildman–Crippen LogP) is 2.85. The highest BCUT2D eigenvalue weighted by atomic mass is 16.3. The number of aromatic nitrogens is 2. The van der Waals surface area contributed by atoms with E-state index in [1.807, 2.05) is 17.0 Å². The van der Waals surface area contributed by atoms with Crippen molar-refractivity contribution in [1.29, 1.82) is 5.26 Å². The maximum atomic E-state index is 13.9. The molecule has 5 rings (SSSR count). The molecular formula is C27H34N6O2. The van der Waals surface area contributed by atoms with E-state index < -0.39 is 6.10 Å². The van der Waals surface area contributed by atoms with Gasteiger partial charge in [-0.3, -0.25) is 4.79 Å². The first kappa shape index (κ1) is 23.7. The predicted molar refractivity (Wildman–Crippen MR) is 133 cm³/mol. The van der Waals surface area contributed by atoms with Crippen molar-refractivity contribution in [2.75, 3.05) is 31.1 Å². The van der Waals surface area contributed by atoms with Crippen LogP contribution in [0.15, 0.2) is 30.6 Å². The average molecular weight is 475 g/mol. The molecule has 35 heavy (non-hydrogen) atoms. The molecule has 3 aliphatic rings. The van der Waals surface area contributed by atoms with Gasteiger partial charge in [-0.05, 0) is 56.7 Å². The molecule has 0 saturated carbocycles. The van der Waals surface area contributed by atoms with Crippen LogP contribution in [-0.2, 0) is 4.79 Å². The molecule has 1 aromatic carbocycles. The van der Waals surface area contributed by atoms with E-state index in [0.717, 1.165) is 35.5 Å². The Morgan fingerprint density at radius 2 is 1.91 bits per heavy atom. The summed E-state index contributed by atoms with van der Waals surface area (Å²) in [5, 5.41) is 23.2. The third-order valence-electron chi connectivity index (χ3n) is 7.89. The van der Waals surface area contributed by atoms with Gasteiger partial charge in [-0.2, -0.15) is 5.26 Å². The number of nitriles is 1. The summed E-state index contributed by atoms with van der Waals surface area (Å²) in [7, 11) is 0. The Bertz CT molecular complexity index is 1130. The summed E-state index contributed by atoms with van der Waals surface area (Å²) in [5.74, 6) is 0.971. The van der Waals surface area contributed by atoms with Crippen LogP contribution < -0.4 is 10.2 Å². The van der Waals surface area contributed by atoms with E-state index in [9.17, 15) is 15.2 Å². The molecule has 184 valence electrons. The molecular weight excluding hydrogens is 440 g/mol. The number of aliphatic hydroxyl groups excluding tert-OH is 1.